The van der Waals surface area contributed by atoms with E-state index in [0.717, 1.165) is 16.3 Å². The largest absolute Gasteiger partial charge is 0.493 e. The second kappa shape index (κ2) is 10.8. The van der Waals surface area contributed by atoms with Crippen molar-refractivity contribution in [3.05, 3.63) is 112 Å². The van der Waals surface area contributed by atoms with E-state index < -0.39 is 10.8 Å². The monoisotopic (exact) mass is 479 g/mol. The van der Waals surface area contributed by atoms with Gasteiger partial charge in [-0.1, -0.05) is 48.5 Å². The number of hydrogen-bond acceptors (Lipinski definition) is 6. The number of fused-ring (bicyclic) bond motifs is 1. The topological polar surface area (TPSA) is 114 Å². The summed E-state index contributed by atoms with van der Waals surface area (Å²) in [6.45, 7) is 0.302. The van der Waals surface area contributed by atoms with E-state index >= 15 is 0 Å². The Morgan fingerprint density at radius 2 is 1.78 bits per heavy atom. The van der Waals surface area contributed by atoms with Crippen LogP contribution in [0.5, 0.6) is 11.5 Å². The molecule has 4 aromatic rings. The molecule has 0 heterocycles. The Balaban J connectivity index is 1.54. The van der Waals surface area contributed by atoms with Gasteiger partial charge in [0, 0.05) is 17.8 Å². The molecule has 178 valence electrons. The average molecular weight is 479 g/mol. The molecular formula is C28H21N3O5. The molecule has 0 aliphatic heterocycles. The fraction of sp³-hybridized carbons (Fsp3) is 0.0714. The molecule has 36 heavy (non-hydrogen) atoms. The van der Waals surface area contributed by atoms with Gasteiger partial charge in [-0.3, -0.25) is 14.9 Å². The van der Waals surface area contributed by atoms with Crippen LogP contribution in [0.15, 0.2) is 90.5 Å². The van der Waals surface area contributed by atoms with Crippen LogP contribution in [-0.2, 0) is 11.4 Å². The molecule has 0 radical (unpaired) electrons. The SMILES string of the molecule is COc1ccc(/C=C(\C#N)C(=O)Nc2ccc([N+](=O)[O-])cc2)cc1OCc1cccc2ccccc12. The van der Waals surface area contributed by atoms with Gasteiger partial charge in [-0.05, 0) is 52.2 Å². The summed E-state index contributed by atoms with van der Waals surface area (Å²) < 4.78 is 11.5. The zero-order valence-electron chi connectivity index (χ0n) is 19.3. The molecule has 0 saturated carbocycles. The minimum Gasteiger partial charge on any atom is -0.493 e. The van der Waals surface area contributed by atoms with Gasteiger partial charge in [0.1, 0.15) is 18.2 Å². The van der Waals surface area contributed by atoms with Gasteiger partial charge in [0.25, 0.3) is 11.6 Å². The van der Waals surface area contributed by atoms with E-state index in [1.54, 1.807) is 18.2 Å². The van der Waals surface area contributed by atoms with Crippen molar-refractivity contribution in [2.24, 2.45) is 0 Å². The molecule has 1 N–H and O–H groups in total. The number of carbonyl (C=O) groups excluding carboxylic acids is 1. The van der Waals surface area contributed by atoms with E-state index in [9.17, 15) is 20.2 Å². The predicted molar refractivity (Wildman–Crippen MR) is 137 cm³/mol. The van der Waals surface area contributed by atoms with Crippen molar-refractivity contribution in [3.8, 4) is 17.6 Å². The fourth-order valence-corrected chi connectivity index (χ4v) is 3.65. The lowest BCUT2D eigenvalue weighted by molar-refractivity contribution is -0.384. The maximum Gasteiger partial charge on any atom is 0.269 e. The number of amides is 1. The number of anilines is 1. The number of ether oxygens (including phenoxy) is 2. The van der Waals surface area contributed by atoms with Crippen molar-refractivity contribution in [3.63, 3.8) is 0 Å². The Kier molecular flexibility index (Phi) is 7.22. The second-order valence-electron chi connectivity index (χ2n) is 7.77. The van der Waals surface area contributed by atoms with Crippen molar-refractivity contribution in [2.75, 3.05) is 12.4 Å². The molecule has 0 saturated heterocycles. The third-order valence-corrected chi connectivity index (χ3v) is 5.46. The molecular weight excluding hydrogens is 458 g/mol. The lowest BCUT2D eigenvalue weighted by Crippen LogP contribution is -2.13. The van der Waals surface area contributed by atoms with E-state index in [1.165, 1.54) is 37.5 Å². The fourth-order valence-electron chi connectivity index (χ4n) is 3.65. The zero-order valence-corrected chi connectivity index (χ0v) is 19.3. The smallest absolute Gasteiger partial charge is 0.269 e. The van der Waals surface area contributed by atoms with Crippen molar-refractivity contribution >= 4 is 34.1 Å². The molecule has 0 fully saturated rings. The zero-order chi connectivity index (χ0) is 25.5. The highest BCUT2D eigenvalue weighted by Gasteiger charge is 2.13. The number of methoxy groups -OCH3 is 1. The molecule has 8 heteroatoms. The van der Waals surface area contributed by atoms with Crippen LogP contribution in [0.2, 0.25) is 0 Å². The van der Waals surface area contributed by atoms with E-state index in [4.69, 9.17) is 9.47 Å². The molecule has 4 rings (SSSR count). The molecule has 0 aliphatic carbocycles. The Morgan fingerprint density at radius 1 is 1.03 bits per heavy atom. The van der Waals surface area contributed by atoms with E-state index in [0.29, 0.717) is 29.4 Å². The van der Waals surface area contributed by atoms with Gasteiger partial charge in [-0.25, -0.2) is 0 Å². The number of hydrogen-bond donors (Lipinski definition) is 1. The first kappa shape index (κ1) is 24.0. The average Bonchev–Trinajstić information content (AvgIpc) is 2.90. The molecule has 0 atom stereocenters. The minimum atomic E-state index is -0.639. The van der Waals surface area contributed by atoms with Crippen LogP contribution in [0.4, 0.5) is 11.4 Å². The summed E-state index contributed by atoms with van der Waals surface area (Å²) in [4.78, 5) is 22.9. The molecule has 4 aromatic carbocycles. The number of benzene rings is 4. The van der Waals surface area contributed by atoms with Crippen molar-refractivity contribution in [2.45, 2.75) is 6.61 Å². The number of nitro benzene ring substituents is 1. The molecule has 0 aliphatic rings. The number of nitriles is 1. The third kappa shape index (κ3) is 5.48. The van der Waals surface area contributed by atoms with Gasteiger partial charge >= 0.3 is 0 Å². The summed E-state index contributed by atoms with van der Waals surface area (Å²) >= 11 is 0. The number of nitrogens with zero attached hydrogens (tertiary/aromatic N) is 2. The highest BCUT2D eigenvalue weighted by molar-refractivity contribution is 6.09. The lowest BCUT2D eigenvalue weighted by atomic mass is 10.1. The molecule has 0 aromatic heterocycles. The molecule has 8 nitrogen and oxygen atoms in total. The van der Waals surface area contributed by atoms with Crippen LogP contribution < -0.4 is 14.8 Å². The van der Waals surface area contributed by atoms with E-state index in [1.807, 2.05) is 48.5 Å². The van der Waals surface area contributed by atoms with Gasteiger partial charge in [0.2, 0.25) is 0 Å². The van der Waals surface area contributed by atoms with Crippen molar-refractivity contribution in [1.82, 2.24) is 0 Å². The first-order valence-electron chi connectivity index (χ1n) is 10.9. The highest BCUT2D eigenvalue weighted by atomic mass is 16.6. The highest BCUT2D eigenvalue weighted by Crippen LogP contribution is 2.31. The Hall–Kier alpha value is -5.16. The molecule has 0 bridgehead atoms. The first-order chi connectivity index (χ1) is 17.5. The standard InChI is InChI=1S/C28H21N3O5/c1-35-26-14-9-19(15-22(17-29)28(32)30-23-10-12-24(13-11-23)31(33)34)16-27(26)36-18-21-7-4-6-20-5-2-3-8-25(20)21/h2-16H,18H2,1H3,(H,30,32)/b22-15+. The summed E-state index contributed by atoms with van der Waals surface area (Å²) in [6.07, 6.45) is 1.44. The third-order valence-electron chi connectivity index (χ3n) is 5.46. The summed E-state index contributed by atoms with van der Waals surface area (Å²) in [5.74, 6) is 0.342. The van der Waals surface area contributed by atoms with Crippen LogP contribution in [0.1, 0.15) is 11.1 Å². The Bertz CT molecular complexity index is 1500. The second-order valence-corrected chi connectivity index (χ2v) is 7.77. The van der Waals surface area contributed by atoms with E-state index in [2.05, 4.69) is 5.32 Å². The molecule has 0 unspecified atom stereocenters. The molecule has 0 spiro atoms. The summed E-state index contributed by atoms with van der Waals surface area (Å²) in [6, 6.07) is 26.4. The number of rotatable bonds is 8. The van der Waals surface area contributed by atoms with E-state index in [-0.39, 0.29) is 11.3 Å². The normalized spacial score (nSPS) is 10.9. The van der Waals surface area contributed by atoms with Gasteiger partial charge in [0.05, 0.1) is 12.0 Å². The molecule has 1 amide bonds. The predicted octanol–water partition coefficient (Wildman–Crippen LogP) is 5.88. The summed E-state index contributed by atoms with van der Waals surface area (Å²) in [7, 11) is 1.54. The summed E-state index contributed by atoms with van der Waals surface area (Å²) in [5.41, 5.74) is 1.67. The van der Waals surface area contributed by atoms with Crippen LogP contribution in [0.3, 0.4) is 0 Å². The van der Waals surface area contributed by atoms with Crippen LogP contribution in [-0.4, -0.2) is 17.9 Å². The lowest BCUT2D eigenvalue weighted by Gasteiger charge is -2.13. The number of carbonyl (C=O) groups is 1. The van der Waals surface area contributed by atoms with Crippen LogP contribution in [0.25, 0.3) is 16.8 Å². The van der Waals surface area contributed by atoms with Gasteiger partial charge in [-0.2, -0.15) is 5.26 Å². The number of nitro groups is 1. The quantitative estimate of drug-likeness (QED) is 0.146. The van der Waals surface area contributed by atoms with Gasteiger partial charge in [0.15, 0.2) is 11.5 Å². The van der Waals surface area contributed by atoms with Crippen LogP contribution in [0, 0.1) is 21.4 Å². The van der Waals surface area contributed by atoms with Gasteiger partial charge < -0.3 is 14.8 Å². The minimum absolute atomic E-state index is 0.0988. The Labute approximate surface area is 207 Å². The number of nitrogens with one attached hydrogen (secondary N) is 1. The maximum absolute atomic E-state index is 12.6. The first-order valence-corrected chi connectivity index (χ1v) is 10.9. The number of non-ortho nitro benzene ring substituents is 1. The summed E-state index contributed by atoms with van der Waals surface area (Å²) in [5, 5.41) is 25.1. The van der Waals surface area contributed by atoms with Crippen molar-refractivity contribution < 1.29 is 19.2 Å². The van der Waals surface area contributed by atoms with Gasteiger partial charge in [-0.15, -0.1) is 0 Å². The Morgan fingerprint density at radius 3 is 2.50 bits per heavy atom. The maximum atomic E-state index is 12.6. The van der Waals surface area contributed by atoms with Crippen LogP contribution >= 0.6 is 0 Å². The van der Waals surface area contributed by atoms with Crippen molar-refractivity contribution in [1.29, 1.82) is 5.26 Å².